The van der Waals surface area contributed by atoms with E-state index in [1.54, 1.807) is 4.68 Å². The number of nitrogen functional groups attached to an aromatic ring is 1. The average molecular weight is 232 g/mol. The van der Waals surface area contributed by atoms with Gasteiger partial charge in [-0.05, 0) is 31.9 Å². The van der Waals surface area contributed by atoms with Crippen molar-refractivity contribution in [2.75, 3.05) is 12.8 Å². The molecule has 1 heterocycles. The monoisotopic (exact) mass is 232 g/mol. The van der Waals surface area contributed by atoms with Crippen molar-refractivity contribution in [3.05, 3.63) is 28.8 Å². The van der Waals surface area contributed by atoms with Crippen molar-refractivity contribution in [1.29, 1.82) is 0 Å². The van der Waals surface area contributed by atoms with Gasteiger partial charge in [-0.3, -0.25) is 0 Å². The van der Waals surface area contributed by atoms with Crippen molar-refractivity contribution in [1.82, 2.24) is 14.8 Å². The summed E-state index contributed by atoms with van der Waals surface area (Å²) in [5.74, 6) is 0.330. The van der Waals surface area contributed by atoms with Gasteiger partial charge in [0, 0.05) is 0 Å². The molecule has 5 heteroatoms. The van der Waals surface area contributed by atoms with Crippen LogP contribution >= 0.6 is 0 Å². The van der Waals surface area contributed by atoms with Crippen molar-refractivity contribution in [3.8, 4) is 11.7 Å². The molecule has 5 nitrogen and oxygen atoms in total. The van der Waals surface area contributed by atoms with Gasteiger partial charge in [-0.25, -0.2) is 0 Å². The summed E-state index contributed by atoms with van der Waals surface area (Å²) in [6.07, 6.45) is 0. The predicted octanol–water partition coefficient (Wildman–Crippen LogP) is 1.78. The van der Waals surface area contributed by atoms with Crippen molar-refractivity contribution in [3.63, 3.8) is 0 Å². The largest absolute Gasteiger partial charge is 0.466 e. The lowest BCUT2D eigenvalue weighted by molar-refractivity contribution is 0.380. The van der Waals surface area contributed by atoms with E-state index in [-0.39, 0.29) is 6.01 Å². The molecule has 0 aliphatic heterocycles. The molecule has 0 saturated heterocycles. The molecular weight excluding hydrogens is 216 g/mol. The third-order valence-corrected chi connectivity index (χ3v) is 2.64. The molecule has 0 amide bonds. The van der Waals surface area contributed by atoms with Crippen molar-refractivity contribution in [2.24, 2.45) is 0 Å². The van der Waals surface area contributed by atoms with Crippen LogP contribution in [0.1, 0.15) is 16.7 Å². The van der Waals surface area contributed by atoms with E-state index in [1.165, 1.54) is 12.7 Å². The number of hydrogen-bond donors (Lipinski definition) is 1. The Hall–Kier alpha value is -2.04. The molecule has 1 aromatic heterocycles. The van der Waals surface area contributed by atoms with E-state index < -0.39 is 0 Å². The lowest BCUT2D eigenvalue weighted by Crippen LogP contribution is -2.06. The number of rotatable bonds is 2. The van der Waals surface area contributed by atoms with Gasteiger partial charge in [-0.2, -0.15) is 9.67 Å². The Bertz CT molecular complexity index is 537. The maximum atomic E-state index is 5.83. The molecule has 0 atom stereocenters. The third-order valence-electron chi connectivity index (χ3n) is 2.64. The maximum Gasteiger partial charge on any atom is 0.337 e. The summed E-state index contributed by atoms with van der Waals surface area (Å²) in [6, 6.07) is 4.47. The van der Waals surface area contributed by atoms with E-state index in [0.29, 0.717) is 5.95 Å². The van der Waals surface area contributed by atoms with E-state index in [9.17, 15) is 0 Å². The number of nitrogens with two attached hydrogens (primary N) is 1. The molecule has 2 N–H and O–H groups in total. The van der Waals surface area contributed by atoms with Crippen LogP contribution in [0.3, 0.4) is 0 Å². The van der Waals surface area contributed by atoms with Gasteiger partial charge < -0.3 is 10.5 Å². The van der Waals surface area contributed by atoms with E-state index >= 15 is 0 Å². The quantitative estimate of drug-likeness (QED) is 0.857. The van der Waals surface area contributed by atoms with Crippen LogP contribution in [0.25, 0.3) is 5.69 Å². The number of hydrogen-bond acceptors (Lipinski definition) is 4. The molecule has 0 spiro atoms. The number of methoxy groups -OCH3 is 1. The second-order valence-corrected chi connectivity index (χ2v) is 4.12. The molecule has 90 valence electrons. The van der Waals surface area contributed by atoms with E-state index in [0.717, 1.165) is 16.8 Å². The van der Waals surface area contributed by atoms with Gasteiger partial charge >= 0.3 is 6.01 Å². The topological polar surface area (TPSA) is 66.0 Å². The average Bonchev–Trinajstić information content (AvgIpc) is 2.59. The van der Waals surface area contributed by atoms with Crippen LogP contribution in [-0.4, -0.2) is 21.9 Å². The summed E-state index contributed by atoms with van der Waals surface area (Å²) in [5, 5.41) is 4.21. The summed E-state index contributed by atoms with van der Waals surface area (Å²) in [4.78, 5) is 4.02. The highest BCUT2D eigenvalue weighted by Gasteiger charge is 2.13. The van der Waals surface area contributed by atoms with Crippen LogP contribution in [0.4, 0.5) is 5.95 Å². The maximum absolute atomic E-state index is 5.83. The third kappa shape index (κ3) is 1.95. The fourth-order valence-corrected chi connectivity index (χ4v) is 2.06. The Morgan fingerprint density at radius 1 is 1.18 bits per heavy atom. The summed E-state index contributed by atoms with van der Waals surface area (Å²) in [7, 11) is 1.52. The molecule has 17 heavy (non-hydrogen) atoms. The van der Waals surface area contributed by atoms with Crippen molar-refractivity contribution < 1.29 is 4.74 Å². The van der Waals surface area contributed by atoms with Crippen LogP contribution in [0, 0.1) is 20.8 Å². The SMILES string of the molecule is COc1nc(N)n(-c2c(C)cc(C)cc2C)n1. The van der Waals surface area contributed by atoms with Gasteiger partial charge in [0.1, 0.15) is 0 Å². The fourth-order valence-electron chi connectivity index (χ4n) is 2.06. The molecule has 2 rings (SSSR count). The first-order chi connectivity index (χ1) is 8.02. The molecule has 1 aromatic carbocycles. The first-order valence-electron chi connectivity index (χ1n) is 5.37. The van der Waals surface area contributed by atoms with E-state index in [4.69, 9.17) is 10.5 Å². The van der Waals surface area contributed by atoms with Crippen LogP contribution < -0.4 is 10.5 Å². The lowest BCUT2D eigenvalue weighted by Gasteiger charge is -2.11. The Morgan fingerprint density at radius 2 is 1.76 bits per heavy atom. The normalized spacial score (nSPS) is 10.6. The van der Waals surface area contributed by atoms with Gasteiger partial charge in [0.25, 0.3) is 0 Å². The molecule has 0 radical (unpaired) electrons. The first kappa shape index (κ1) is 11.4. The number of benzene rings is 1. The first-order valence-corrected chi connectivity index (χ1v) is 5.37. The summed E-state index contributed by atoms with van der Waals surface area (Å²) in [6.45, 7) is 6.13. The summed E-state index contributed by atoms with van der Waals surface area (Å²) < 4.78 is 6.59. The minimum atomic E-state index is 0.280. The smallest absolute Gasteiger partial charge is 0.337 e. The highest BCUT2D eigenvalue weighted by molar-refractivity contribution is 5.51. The van der Waals surface area contributed by atoms with Gasteiger partial charge in [0.15, 0.2) is 0 Å². The van der Waals surface area contributed by atoms with Crippen LogP contribution in [0.2, 0.25) is 0 Å². The summed E-state index contributed by atoms with van der Waals surface area (Å²) in [5.41, 5.74) is 10.2. The minimum absolute atomic E-state index is 0.280. The molecule has 0 unspecified atom stereocenters. The minimum Gasteiger partial charge on any atom is -0.466 e. The standard InChI is InChI=1S/C12H16N4O/c1-7-5-8(2)10(9(3)6-7)16-11(13)14-12(15-16)17-4/h5-6H,1-4H3,(H2,13,14,15). The van der Waals surface area contributed by atoms with Gasteiger partial charge in [-0.1, -0.05) is 17.7 Å². The van der Waals surface area contributed by atoms with Crippen LogP contribution in [0.15, 0.2) is 12.1 Å². The zero-order chi connectivity index (χ0) is 12.6. The molecule has 0 saturated carbocycles. The lowest BCUT2D eigenvalue weighted by atomic mass is 10.1. The fraction of sp³-hybridized carbons (Fsp3) is 0.333. The summed E-state index contributed by atoms with van der Waals surface area (Å²) >= 11 is 0. The van der Waals surface area contributed by atoms with Crippen LogP contribution in [0.5, 0.6) is 6.01 Å². The second-order valence-electron chi connectivity index (χ2n) is 4.12. The highest BCUT2D eigenvalue weighted by atomic mass is 16.5. The van der Waals surface area contributed by atoms with Crippen molar-refractivity contribution >= 4 is 5.95 Å². The highest BCUT2D eigenvalue weighted by Crippen LogP contribution is 2.23. The molecule has 0 aliphatic rings. The number of ether oxygens (including phenoxy) is 1. The van der Waals surface area contributed by atoms with Gasteiger partial charge in [0.2, 0.25) is 5.95 Å². The number of nitrogens with zero attached hydrogens (tertiary/aromatic N) is 3. The molecule has 2 aromatic rings. The van der Waals surface area contributed by atoms with E-state index in [1.807, 2.05) is 13.8 Å². The van der Waals surface area contributed by atoms with E-state index in [2.05, 4.69) is 29.1 Å². The number of anilines is 1. The van der Waals surface area contributed by atoms with Crippen molar-refractivity contribution in [2.45, 2.75) is 20.8 Å². The number of aryl methyl sites for hydroxylation is 3. The van der Waals surface area contributed by atoms with Gasteiger partial charge in [0.05, 0.1) is 12.8 Å². The number of aromatic nitrogens is 3. The second kappa shape index (κ2) is 4.08. The van der Waals surface area contributed by atoms with Crippen LogP contribution in [-0.2, 0) is 0 Å². The zero-order valence-electron chi connectivity index (χ0n) is 10.5. The van der Waals surface area contributed by atoms with Gasteiger partial charge in [-0.15, -0.1) is 5.10 Å². The molecule has 0 aliphatic carbocycles. The Morgan fingerprint density at radius 3 is 2.24 bits per heavy atom. The molecular formula is C12H16N4O. The molecule has 0 bridgehead atoms. The Balaban J connectivity index is 2.63. The Kier molecular flexibility index (Phi) is 2.75. The Labute approximate surface area is 100 Å². The zero-order valence-corrected chi connectivity index (χ0v) is 10.5. The molecule has 0 fully saturated rings. The predicted molar refractivity (Wildman–Crippen MR) is 66.5 cm³/mol.